The first-order chi connectivity index (χ1) is 8.16. The minimum Gasteiger partial charge on any atom is -0.461 e. The molecule has 2 rings (SSSR count). The van der Waals surface area contributed by atoms with E-state index in [9.17, 15) is 4.79 Å². The lowest BCUT2D eigenvalue weighted by Gasteiger charge is -1.97. The standard InChI is InChI=1S/C13H8Cl2O2/c14-10-5-3-9(8-11(10)15)4-6-12(16)13-2-1-7-17-13/h1-8H/b6-4+. The van der Waals surface area contributed by atoms with Gasteiger partial charge in [0.25, 0.3) is 0 Å². The summed E-state index contributed by atoms with van der Waals surface area (Å²) in [5.41, 5.74) is 0.805. The van der Waals surface area contributed by atoms with Crippen molar-refractivity contribution in [3.63, 3.8) is 0 Å². The van der Waals surface area contributed by atoms with Gasteiger partial charge >= 0.3 is 0 Å². The highest BCUT2D eigenvalue weighted by Gasteiger charge is 2.03. The molecule has 0 unspecified atom stereocenters. The van der Waals surface area contributed by atoms with Gasteiger partial charge in [-0.2, -0.15) is 0 Å². The minimum atomic E-state index is -0.193. The number of hydrogen-bond acceptors (Lipinski definition) is 2. The van der Waals surface area contributed by atoms with Gasteiger partial charge in [0.1, 0.15) is 0 Å². The van der Waals surface area contributed by atoms with Gasteiger partial charge < -0.3 is 4.42 Å². The summed E-state index contributed by atoms with van der Waals surface area (Å²) >= 11 is 11.6. The molecule has 86 valence electrons. The summed E-state index contributed by atoms with van der Waals surface area (Å²) in [5.74, 6) is 0.113. The molecule has 0 amide bonds. The highest BCUT2D eigenvalue weighted by molar-refractivity contribution is 6.42. The molecular weight excluding hydrogens is 259 g/mol. The highest BCUT2D eigenvalue weighted by atomic mass is 35.5. The zero-order valence-electron chi connectivity index (χ0n) is 8.69. The lowest BCUT2D eigenvalue weighted by Crippen LogP contribution is -1.90. The SMILES string of the molecule is O=C(/C=C/c1ccc(Cl)c(Cl)c1)c1ccco1. The second-order valence-electron chi connectivity index (χ2n) is 3.35. The molecule has 0 radical (unpaired) electrons. The fourth-order valence-electron chi connectivity index (χ4n) is 1.29. The molecule has 0 aliphatic rings. The average molecular weight is 267 g/mol. The third-order valence-electron chi connectivity index (χ3n) is 2.13. The molecule has 1 aromatic carbocycles. The number of allylic oxidation sites excluding steroid dienone is 1. The molecule has 0 N–H and O–H groups in total. The molecule has 17 heavy (non-hydrogen) atoms. The van der Waals surface area contributed by atoms with Crippen LogP contribution in [0, 0.1) is 0 Å². The van der Waals surface area contributed by atoms with Crippen LogP contribution in [0.1, 0.15) is 16.1 Å². The molecule has 0 saturated heterocycles. The van der Waals surface area contributed by atoms with Crippen molar-refractivity contribution < 1.29 is 9.21 Å². The Bertz CT molecular complexity index is 557. The fraction of sp³-hybridized carbons (Fsp3) is 0. The summed E-state index contributed by atoms with van der Waals surface area (Å²) in [5, 5.41) is 0.945. The number of carbonyl (C=O) groups excluding carboxylic acids is 1. The van der Waals surface area contributed by atoms with Crippen LogP contribution in [0.15, 0.2) is 47.1 Å². The molecule has 1 heterocycles. The highest BCUT2D eigenvalue weighted by Crippen LogP contribution is 2.23. The van der Waals surface area contributed by atoms with Crippen LogP contribution in [0.3, 0.4) is 0 Å². The number of rotatable bonds is 3. The summed E-state index contributed by atoms with van der Waals surface area (Å²) in [7, 11) is 0. The number of furan rings is 1. The second kappa shape index (κ2) is 5.21. The minimum absolute atomic E-state index is 0.193. The van der Waals surface area contributed by atoms with E-state index in [2.05, 4.69) is 0 Å². The van der Waals surface area contributed by atoms with Gasteiger partial charge in [-0.05, 0) is 35.9 Å². The molecule has 0 aliphatic heterocycles. The lowest BCUT2D eigenvalue weighted by molar-refractivity contribution is 0.102. The number of carbonyl (C=O) groups is 1. The molecule has 0 fully saturated rings. The van der Waals surface area contributed by atoms with Gasteiger partial charge in [0.15, 0.2) is 5.76 Å². The first-order valence-electron chi connectivity index (χ1n) is 4.88. The van der Waals surface area contributed by atoms with Gasteiger partial charge in [-0.3, -0.25) is 4.79 Å². The van der Waals surface area contributed by atoms with E-state index in [0.717, 1.165) is 5.56 Å². The lowest BCUT2D eigenvalue weighted by atomic mass is 10.2. The van der Waals surface area contributed by atoms with Crippen LogP contribution in [0.25, 0.3) is 6.08 Å². The second-order valence-corrected chi connectivity index (χ2v) is 4.16. The van der Waals surface area contributed by atoms with Crippen LogP contribution in [0.5, 0.6) is 0 Å². The van der Waals surface area contributed by atoms with Crippen molar-refractivity contribution in [1.29, 1.82) is 0 Å². The van der Waals surface area contributed by atoms with Gasteiger partial charge in [-0.25, -0.2) is 0 Å². The van der Waals surface area contributed by atoms with Crippen LogP contribution < -0.4 is 0 Å². The predicted octanol–water partition coefficient (Wildman–Crippen LogP) is 4.48. The maximum atomic E-state index is 11.6. The van der Waals surface area contributed by atoms with Crippen LogP contribution in [-0.4, -0.2) is 5.78 Å². The molecule has 2 aromatic rings. The largest absolute Gasteiger partial charge is 0.461 e. The Labute approximate surface area is 108 Å². The van der Waals surface area contributed by atoms with E-state index < -0.39 is 0 Å². The Morgan fingerprint density at radius 1 is 1.18 bits per heavy atom. The monoisotopic (exact) mass is 266 g/mol. The Hall–Kier alpha value is -1.51. The fourth-order valence-corrected chi connectivity index (χ4v) is 1.60. The third kappa shape index (κ3) is 2.99. The van der Waals surface area contributed by atoms with Gasteiger partial charge in [0.2, 0.25) is 5.78 Å². The van der Waals surface area contributed by atoms with Gasteiger partial charge in [-0.1, -0.05) is 35.3 Å². The van der Waals surface area contributed by atoms with E-state index in [-0.39, 0.29) is 5.78 Å². The number of ketones is 1. The smallest absolute Gasteiger partial charge is 0.221 e. The molecule has 2 nitrogen and oxygen atoms in total. The number of benzene rings is 1. The summed E-state index contributed by atoms with van der Waals surface area (Å²) in [6, 6.07) is 8.43. The van der Waals surface area contributed by atoms with E-state index in [1.54, 1.807) is 36.4 Å². The van der Waals surface area contributed by atoms with Crippen molar-refractivity contribution >= 4 is 35.1 Å². The summed E-state index contributed by atoms with van der Waals surface area (Å²) in [6.07, 6.45) is 4.55. The van der Waals surface area contributed by atoms with Crippen LogP contribution in [0.4, 0.5) is 0 Å². The summed E-state index contributed by atoms with van der Waals surface area (Å²) < 4.78 is 4.98. The molecular formula is C13H8Cl2O2. The quantitative estimate of drug-likeness (QED) is 0.606. The molecule has 0 spiro atoms. The van der Waals surface area contributed by atoms with E-state index in [0.29, 0.717) is 15.8 Å². The number of halogens is 2. The Morgan fingerprint density at radius 2 is 2.00 bits per heavy atom. The third-order valence-corrected chi connectivity index (χ3v) is 2.87. The Kier molecular flexibility index (Phi) is 3.67. The normalized spacial score (nSPS) is 10.9. The predicted molar refractivity (Wildman–Crippen MR) is 68.5 cm³/mol. The zero-order chi connectivity index (χ0) is 12.3. The van der Waals surface area contributed by atoms with Crippen molar-refractivity contribution in [2.75, 3.05) is 0 Å². The van der Waals surface area contributed by atoms with E-state index >= 15 is 0 Å². The van der Waals surface area contributed by atoms with E-state index in [1.807, 2.05) is 0 Å². The van der Waals surface area contributed by atoms with Gasteiger partial charge in [0, 0.05) is 0 Å². The summed E-state index contributed by atoms with van der Waals surface area (Å²) in [4.78, 5) is 11.6. The van der Waals surface area contributed by atoms with Crippen LogP contribution >= 0.6 is 23.2 Å². The van der Waals surface area contributed by atoms with Crippen LogP contribution in [0.2, 0.25) is 10.0 Å². The molecule has 0 aliphatic carbocycles. The zero-order valence-corrected chi connectivity index (χ0v) is 10.2. The van der Waals surface area contributed by atoms with Crippen molar-refractivity contribution in [3.05, 3.63) is 64.0 Å². The van der Waals surface area contributed by atoms with Gasteiger partial charge in [-0.15, -0.1) is 0 Å². The Morgan fingerprint density at radius 3 is 2.65 bits per heavy atom. The summed E-state index contributed by atoms with van der Waals surface area (Å²) in [6.45, 7) is 0. The van der Waals surface area contributed by atoms with Crippen LogP contribution in [-0.2, 0) is 0 Å². The van der Waals surface area contributed by atoms with Crippen molar-refractivity contribution in [3.8, 4) is 0 Å². The first-order valence-corrected chi connectivity index (χ1v) is 5.63. The first kappa shape index (κ1) is 12.0. The maximum Gasteiger partial charge on any atom is 0.221 e. The van der Waals surface area contributed by atoms with Crippen molar-refractivity contribution in [2.45, 2.75) is 0 Å². The molecule has 0 bridgehead atoms. The van der Waals surface area contributed by atoms with Crippen molar-refractivity contribution in [2.24, 2.45) is 0 Å². The maximum absolute atomic E-state index is 11.6. The Balaban J connectivity index is 2.15. The average Bonchev–Trinajstić information content (AvgIpc) is 2.84. The van der Waals surface area contributed by atoms with Crippen molar-refractivity contribution in [1.82, 2.24) is 0 Å². The van der Waals surface area contributed by atoms with Gasteiger partial charge in [0.05, 0.1) is 16.3 Å². The topological polar surface area (TPSA) is 30.2 Å². The molecule has 0 atom stereocenters. The molecule has 1 aromatic heterocycles. The number of hydrogen-bond donors (Lipinski definition) is 0. The van der Waals surface area contributed by atoms with E-state index in [4.69, 9.17) is 27.6 Å². The van der Waals surface area contributed by atoms with E-state index in [1.165, 1.54) is 12.3 Å². The molecule has 4 heteroatoms. The molecule has 0 saturated carbocycles.